The van der Waals surface area contributed by atoms with Gasteiger partial charge in [0.15, 0.2) is 0 Å². The Hall–Kier alpha value is -1.69. The Balaban J connectivity index is 2.26. The van der Waals surface area contributed by atoms with E-state index in [-0.39, 0.29) is 11.5 Å². The molecule has 0 unspecified atom stereocenters. The van der Waals surface area contributed by atoms with Crippen molar-refractivity contribution in [3.63, 3.8) is 0 Å². The van der Waals surface area contributed by atoms with Crippen molar-refractivity contribution < 1.29 is 24.2 Å². The van der Waals surface area contributed by atoms with Gasteiger partial charge in [-0.1, -0.05) is 12.1 Å². The summed E-state index contributed by atoms with van der Waals surface area (Å²) >= 11 is 1.56. The number of aromatic carboxylic acids is 1. The van der Waals surface area contributed by atoms with Gasteiger partial charge in [0.1, 0.15) is 11.3 Å². The highest BCUT2D eigenvalue weighted by atomic mass is 32.2. The number of carbonyl (C=O) groups is 2. The lowest BCUT2D eigenvalue weighted by Crippen LogP contribution is -2.07. The van der Waals surface area contributed by atoms with Gasteiger partial charge in [-0.15, -0.1) is 0 Å². The van der Waals surface area contributed by atoms with Crippen LogP contribution in [0.25, 0.3) is 0 Å². The van der Waals surface area contributed by atoms with Crippen molar-refractivity contribution in [2.45, 2.75) is 6.42 Å². The number of carbonyl (C=O) groups excluding carboxylic acids is 1. The van der Waals surface area contributed by atoms with Crippen molar-refractivity contribution in [1.82, 2.24) is 0 Å². The summed E-state index contributed by atoms with van der Waals surface area (Å²) in [6.45, 7) is 0.399. The Kier molecular flexibility index (Phi) is 6.81. The van der Waals surface area contributed by atoms with Crippen LogP contribution in [-0.2, 0) is 9.53 Å². The average Bonchev–Trinajstić information content (AvgIpc) is 2.42. The predicted octanol–water partition coefficient (Wildman–Crippen LogP) is 2.06. The molecule has 5 nitrogen and oxygen atoms in total. The van der Waals surface area contributed by atoms with E-state index in [1.165, 1.54) is 13.2 Å². The fourth-order valence-electron chi connectivity index (χ4n) is 1.34. The van der Waals surface area contributed by atoms with Crippen LogP contribution in [0.15, 0.2) is 24.3 Å². The maximum atomic E-state index is 10.9. The van der Waals surface area contributed by atoms with E-state index >= 15 is 0 Å². The largest absolute Gasteiger partial charge is 0.492 e. The fraction of sp³-hybridized carbons (Fsp3) is 0.385. The fourth-order valence-corrected chi connectivity index (χ4v) is 2.06. The summed E-state index contributed by atoms with van der Waals surface area (Å²) in [4.78, 5) is 21.8. The third-order valence-electron chi connectivity index (χ3n) is 2.28. The van der Waals surface area contributed by atoms with Crippen LogP contribution in [0.3, 0.4) is 0 Å². The number of rotatable bonds is 8. The van der Waals surface area contributed by atoms with E-state index in [1.54, 1.807) is 30.0 Å². The first-order valence-corrected chi connectivity index (χ1v) is 6.90. The van der Waals surface area contributed by atoms with Crippen LogP contribution in [0, 0.1) is 0 Å². The van der Waals surface area contributed by atoms with E-state index in [4.69, 9.17) is 9.84 Å². The van der Waals surface area contributed by atoms with E-state index in [2.05, 4.69) is 4.74 Å². The minimum atomic E-state index is -1.01. The van der Waals surface area contributed by atoms with Gasteiger partial charge >= 0.3 is 11.9 Å². The smallest absolute Gasteiger partial charge is 0.339 e. The van der Waals surface area contributed by atoms with Crippen LogP contribution in [0.2, 0.25) is 0 Å². The van der Waals surface area contributed by atoms with E-state index in [0.717, 1.165) is 0 Å². The van der Waals surface area contributed by atoms with E-state index in [1.807, 2.05) is 0 Å². The quantitative estimate of drug-likeness (QED) is 0.582. The first-order valence-electron chi connectivity index (χ1n) is 5.75. The zero-order valence-corrected chi connectivity index (χ0v) is 11.4. The normalized spacial score (nSPS) is 9.95. The number of benzene rings is 1. The monoisotopic (exact) mass is 284 g/mol. The molecule has 0 amide bonds. The van der Waals surface area contributed by atoms with Gasteiger partial charge in [-0.25, -0.2) is 4.79 Å². The number of hydrogen-bond donors (Lipinski definition) is 1. The Morgan fingerprint density at radius 1 is 1.26 bits per heavy atom. The highest BCUT2D eigenvalue weighted by molar-refractivity contribution is 7.99. The second-order valence-corrected chi connectivity index (χ2v) is 4.81. The van der Waals surface area contributed by atoms with Crippen LogP contribution in [0.5, 0.6) is 5.75 Å². The van der Waals surface area contributed by atoms with Crippen LogP contribution < -0.4 is 4.74 Å². The van der Waals surface area contributed by atoms with Gasteiger partial charge in [0.2, 0.25) is 0 Å². The molecule has 1 N–H and O–H groups in total. The molecule has 1 aromatic rings. The lowest BCUT2D eigenvalue weighted by atomic mass is 10.2. The van der Waals surface area contributed by atoms with Gasteiger partial charge in [0.05, 0.1) is 20.1 Å². The summed E-state index contributed by atoms with van der Waals surface area (Å²) in [6.07, 6.45) is 0.368. The maximum Gasteiger partial charge on any atom is 0.339 e. The lowest BCUT2D eigenvalue weighted by molar-refractivity contribution is -0.140. The van der Waals surface area contributed by atoms with E-state index in [9.17, 15) is 9.59 Å². The molecule has 0 atom stereocenters. The van der Waals surface area contributed by atoms with Crippen molar-refractivity contribution in [1.29, 1.82) is 0 Å². The molecule has 0 fully saturated rings. The van der Waals surface area contributed by atoms with Gasteiger partial charge in [0, 0.05) is 11.5 Å². The minimum Gasteiger partial charge on any atom is -0.492 e. The van der Waals surface area contributed by atoms with E-state index in [0.29, 0.717) is 30.3 Å². The van der Waals surface area contributed by atoms with Crippen molar-refractivity contribution in [2.24, 2.45) is 0 Å². The number of carboxylic acid groups (broad SMARTS) is 1. The predicted molar refractivity (Wildman–Crippen MR) is 72.9 cm³/mol. The second kappa shape index (κ2) is 8.42. The molecule has 0 heterocycles. The number of esters is 1. The number of hydrogen-bond acceptors (Lipinski definition) is 5. The van der Waals surface area contributed by atoms with Crippen LogP contribution >= 0.6 is 11.8 Å². The molecule has 1 aromatic carbocycles. The molecule has 0 spiro atoms. The molecule has 0 radical (unpaired) electrons. The lowest BCUT2D eigenvalue weighted by Gasteiger charge is -2.08. The molecule has 0 aliphatic carbocycles. The highest BCUT2D eigenvalue weighted by Gasteiger charge is 2.09. The third kappa shape index (κ3) is 5.65. The first-order chi connectivity index (χ1) is 9.15. The highest BCUT2D eigenvalue weighted by Crippen LogP contribution is 2.18. The number of ether oxygens (including phenoxy) is 2. The topological polar surface area (TPSA) is 72.8 Å². The van der Waals surface area contributed by atoms with Gasteiger partial charge in [-0.3, -0.25) is 4.79 Å². The van der Waals surface area contributed by atoms with Crippen molar-refractivity contribution in [2.75, 3.05) is 25.2 Å². The summed E-state index contributed by atoms with van der Waals surface area (Å²) in [7, 11) is 1.36. The minimum absolute atomic E-state index is 0.155. The molecule has 6 heteroatoms. The van der Waals surface area contributed by atoms with Crippen molar-refractivity contribution >= 4 is 23.7 Å². The van der Waals surface area contributed by atoms with Gasteiger partial charge in [-0.2, -0.15) is 11.8 Å². The van der Waals surface area contributed by atoms with Crippen LogP contribution in [0.4, 0.5) is 0 Å². The molecule has 0 saturated heterocycles. The molecule has 0 saturated carbocycles. The van der Waals surface area contributed by atoms with Crippen LogP contribution in [-0.4, -0.2) is 42.3 Å². The summed E-state index contributed by atoms with van der Waals surface area (Å²) < 4.78 is 9.93. The Labute approximate surface area is 115 Å². The number of methoxy groups -OCH3 is 1. The molecule has 19 heavy (non-hydrogen) atoms. The number of carboxylic acids is 1. The van der Waals surface area contributed by atoms with Gasteiger partial charge < -0.3 is 14.6 Å². The molecular weight excluding hydrogens is 268 g/mol. The number of para-hydroxylation sites is 1. The van der Waals surface area contributed by atoms with Crippen molar-refractivity contribution in [3.05, 3.63) is 29.8 Å². The van der Waals surface area contributed by atoms with E-state index < -0.39 is 5.97 Å². The zero-order valence-electron chi connectivity index (χ0n) is 10.6. The van der Waals surface area contributed by atoms with Crippen molar-refractivity contribution in [3.8, 4) is 5.75 Å². The van der Waals surface area contributed by atoms with Gasteiger partial charge in [0.25, 0.3) is 0 Å². The maximum absolute atomic E-state index is 10.9. The SMILES string of the molecule is COC(=O)CCSCCOc1ccccc1C(=O)O. The number of thioether (sulfide) groups is 1. The third-order valence-corrected chi connectivity index (χ3v) is 3.23. The summed E-state index contributed by atoms with van der Waals surface area (Å²) in [5, 5.41) is 8.96. The molecule has 0 aliphatic rings. The summed E-state index contributed by atoms with van der Waals surface area (Å²) in [5.41, 5.74) is 0.155. The van der Waals surface area contributed by atoms with Crippen LogP contribution in [0.1, 0.15) is 16.8 Å². The van der Waals surface area contributed by atoms with Gasteiger partial charge in [-0.05, 0) is 12.1 Å². The molecule has 104 valence electrons. The zero-order chi connectivity index (χ0) is 14.1. The Morgan fingerprint density at radius 2 is 2.00 bits per heavy atom. The standard InChI is InChI=1S/C13H16O5S/c1-17-12(14)6-8-19-9-7-18-11-5-3-2-4-10(11)13(15)16/h2-5H,6-9H2,1H3,(H,15,16). The molecule has 1 rings (SSSR count). The second-order valence-electron chi connectivity index (χ2n) is 3.59. The molecular formula is C13H16O5S. The molecule has 0 aliphatic heterocycles. The summed E-state index contributed by atoms with van der Waals surface area (Å²) in [5.74, 6) is 0.476. The molecule has 0 bridgehead atoms. The summed E-state index contributed by atoms with van der Waals surface area (Å²) in [6, 6.07) is 6.51. The molecule has 0 aromatic heterocycles. The average molecular weight is 284 g/mol. The Bertz CT molecular complexity index is 433. The Morgan fingerprint density at radius 3 is 2.68 bits per heavy atom. The first kappa shape index (κ1) is 15.4.